The van der Waals surface area contributed by atoms with Crippen molar-refractivity contribution in [2.75, 3.05) is 25.0 Å². The minimum atomic E-state index is -0.107. The van der Waals surface area contributed by atoms with Gasteiger partial charge in [0.25, 0.3) is 0 Å². The number of hydrogen-bond donors (Lipinski definition) is 2. The number of anilines is 1. The molecule has 1 aliphatic rings. The number of carbonyl (C=O) groups excluding carboxylic acids is 2. The highest BCUT2D eigenvalue weighted by Gasteiger charge is 2.27. The predicted octanol–water partition coefficient (Wildman–Crippen LogP) is 1.76. The predicted molar refractivity (Wildman–Crippen MR) is 96.0 cm³/mol. The maximum absolute atomic E-state index is 12.8. The number of carbonyl (C=O) groups is 2. The monoisotopic (exact) mass is 338 g/mol. The quantitative estimate of drug-likeness (QED) is 0.891. The van der Waals surface area contributed by atoms with Crippen LogP contribution in [-0.4, -0.2) is 41.3 Å². The molecule has 0 saturated carbocycles. The zero-order valence-electron chi connectivity index (χ0n) is 14.2. The smallest absolute Gasteiger partial charge is 0.227 e. The highest BCUT2D eigenvalue weighted by Crippen LogP contribution is 2.22. The van der Waals surface area contributed by atoms with Gasteiger partial charge in [-0.2, -0.15) is 0 Å². The number of benzene rings is 1. The van der Waals surface area contributed by atoms with Gasteiger partial charge in [-0.15, -0.1) is 0 Å². The van der Waals surface area contributed by atoms with Crippen molar-refractivity contribution in [3.63, 3.8) is 0 Å². The minimum Gasteiger partial charge on any atom is -0.333 e. The van der Waals surface area contributed by atoms with Gasteiger partial charge in [-0.1, -0.05) is 18.2 Å². The molecule has 6 nitrogen and oxygen atoms in total. The lowest BCUT2D eigenvalue weighted by atomic mass is 10.0. The lowest BCUT2D eigenvalue weighted by Gasteiger charge is -2.36. The first kappa shape index (κ1) is 17.1. The van der Waals surface area contributed by atoms with Crippen LogP contribution < -0.4 is 10.6 Å². The van der Waals surface area contributed by atoms with Crippen LogP contribution >= 0.6 is 0 Å². The normalized spacial score (nSPS) is 17.2. The first-order chi connectivity index (χ1) is 12.1. The van der Waals surface area contributed by atoms with E-state index in [0.717, 1.165) is 29.9 Å². The fourth-order valence-electron chi connectivity index (χ4n) is 3.06. The van der Waals surface area contributed by atoms with E-state index in [4.69, 9.17) is 0 Å². The van der Waals surface area contributed by atoms with Crippen LogP contribution in [0, 0.1) is 0 Å². The molecule has 2 amide bonds. The number of amides is 2. The van der Waals surface area contributed by atoms with Gasteiger partial charge in [0.15, 0.2) is 0 Å². The third-order valence-corrected chi connectivity index (χ3v) is 4.26. The minimum absolute atomic E-state index is 0.00797. The average molecular weight is 338 g/mol. The van der Waals surface area contributed by atoms with E-state index < -0.39 is 0 Å². The number of nitrogens with zero attached hydrogens (tertiary/aromatic N) is 2. The molecular formula is C19H22N4O2. The number of pyridine rings is 1. The molecule has 2 heterocycles. The first-order valence-electron chi connectivity index (χ1n) is 8.40. The van der Waals surface area contributed by atoms with E-state index in [1.807, 2.05) is 47.5 Å². The molecule has 1 saturated heterocycles. The van der Waals surface area contributed by atoms with E-state index in [2.05, 4.69) is 15.6 Å². The van der Waals surface area contributed by atoms with Crippen LogP contribution in [0.15, 0.2) is 48.8 Å². The molecule has 25 heavy (non-hydrogen) atoms. The molecule has 3 rings (SSSR count). The Morgan fingerprint density at radius 2 is 2.08 bits per heavy atom. The summed E-state index contributed by atoms with van der Waals surface area (Å²) in [6.07, 6.45) is 3.90. The third kappa shape index (κ3) is 4.42. The summed E-state index contributed by atoms with van der Waals surface area (Å²) in [6.45, 7) is 3.69. The van der Waals surface area contributed by atoms with E-state index in [1.54, 1.807) is 6.20 Å². The van der Waals surface area contributed by atoms with Crippen molar-refractivity contribution in [1.29, 1.82) is 0 Å². The third-order valence-electron chi connectivity index (χ3n) is 4.26. The van der Waals surface area contributed by atoms with Crippen molar-refractivity contribution in [2.24, 2.45) is 0 Å². The Balaban J connectivity index is 1.69. The molecule has 0 aliphatic carbocycles. The van der Waals surface area contributed by atoms with Gasteiger partial charge in [0.2, 0.25) is 11.8 Å². The van der Waals surface area contributed by atoms with Crippen molar-refractivity contribution in [2.45, 2.75) is 19.4 Å². The van der Waals surface area contributed by atoms with Crippen molar-refractivity contribution in [3.8, 4) is 0 Å². The van der Waals surface area contributed by atoms with E-state index >= 15 is 0 Å². The zero-order valence-corrected chi connectivity index (χ0v) is 14.2. The number of piperazine rings is 1. The van der Waals surface area contributed by atoms with Crippen molar-refractivity contribution < 1.29 is 9.59 Å². The Morgan fingerprint density at radius 1 is 1.28 bits per heavy atom. The van der Waals surface area contributed by atoms with Crippen LogP contribution in [-0.2, 0) is 16.0 Å². The topological polar surface area (TPSA) is 74.3 Å². The summed E-state index contributed by atoms with van der Waals surface area (Å²) in [5.41, 5.74) is 2.71. The van der Waals surface area contributed by atoms with Crippen molar-refractivity contribution >= 4 is 17.5 Å². The van der Waals surface area contributed by atoms with Gasteiger partial charge in [0.05, 0.1) is 12.5 Å². The fraction of sp³-hybridized carbons (Fsp3) is 0.316. The van der Waals surface area contributed by atoms with Crippen LogP contribution in [0.25, 0.3) is 0 Å². The molecule has 1 unspecified atom stereocenters. The maximum atomic E-state index is 12.8. The summed E-state index contributed by atoms with van der Waals surface area (Å²) in [5.74, 6) is -0.00779. The molecule has 2 aromatic rings. The second kappa shape index (κ2) is 7.90. The molecule has 130 valence electrons. The molecule has 0 spiro atoms. The molecule has 1 aromatic heterocycles. The molecular weight excluding hydrogens is 316 g/mol. The first-order valence-corrected chi connectivity index (χ1v) is 8.40. The van der Waals surface area contributed by atoms with Crippen LogP contribution in [0.3, 0.4) is 0 Å². The van der Waals surface area contributed by atoms with Crippen molar-refractivity contribution in [3.05, 3.63) is 59.9 Å². The standard InChI is InChI=1S/C19H22N4O2/c1-14(24)22-17-6-4-15(5-7-17)11-19(25)23-10-9-21-13-18(23)16-3-2-8-20-12-16/h2-8,12,18,21H,9-11,13H2,1H3,(H,22,24). The van der Waals surface area contributed by atoms with Crippen molar-refractivity contribution in [1.82, 2.24) is 15.2 Å². The summed E-state index contributed by atoms with van der Waals surface area (Å²) in [6, 6.07) is 11.3. The molecule has 0 bridgehead atoms. The molecule has 1 fully saturated rings. The molecule has 2 N–H and O–H groups in total. The number of hydrogen-bond acceptors (Lipinski definition) is 4. The highest BCUT2D eigenvalue weighted by molar-refractivity contribution is 5.88. The van der Waals surface area contributed by atoms with Crippen LogP contribution in [0.5, 0.6) is 0 Å². The van der Waals surface area contributed by atoms with Crippen LogP contribution in [0.1, 0.15) is 24.1 Å². The van der Waals surface area contributed by atoms with E-state index in [-0.39, 0.29) is 17.9 Å². The van der Waals surface area contributed by atoms with Gasteiger partial charge in [-0.3, -0.25) is 14.6 Å². The second-order valence-electron chi connectivity index (χ2n) is 6.15. The Labute approximate surface area is 147 Å². The van der Waals surface area contributed by atoms with Gasteiger partial charge in [-0.05, 0) is 29.3 Å². The SMILES string of the molecule is CC(=O)Nc1ccc(CC(=O)N2CCNCC2c2cccnc2)cc1. The summed E-state index contributed by atoms with van der Waals surface area (Å²) in [4.78, 5) is 30.0. The molecule has 1 atom stereocenters. The van der Waals surface area contributed by atoms with Crippen LogP contribution in [0.4, 0.5) is 5.69 Å². The largest absolute Gasteiger partial charge is 0.333 e. The van der Waals surface area contributed by atoms with Gasteiger partial charge in [-0.25, -0.2) is 0 Å². The average Bonchev–Trinajstić information content (AvgIpc) is 2.63. The number of aromatic nitrogens is 1. The van der Waals surface area contributed by atoms with Crippen LogP contribution in [0.2, 0.25) is 0 Å². The Hall–Kier alpha value is -2.73. The Kier molecular flexibility index (Phi) is 5.40. The fourth-order valence-corrected chi connectivity index (χ4v) is 3.06. The Bertz CT molecular complexity index is 731. The van der Waals surface area contributed by atoms with Gasteiger partial charge >= 0.3 is 0 Å². The van der Waals surface area contributed by atoms with Gasteiger partial charge in [0.1, 0.15) is 0 Å². The van der Waals surface area contributed by atoms with Gasteiger partial charge < -0.3 is 15.5 Å². The molecule has 6 heteroatoms. The highest BCUT2D eigenvalue weighted by atomic mass is 16.2. The maximum Gasteiger partial charge on any atom is 0.227 e. The Morgan fingerprint density at radius 3 is 2.76 bits per heavy atom. The number of nitrogens with one attached hydrogen (secondary N) is 2. The summed E-state index contributed by atoms with van der Waals surface area (Å²) < 4.78 is 0. The van der Waals surface area contributed by atoms with E-state index in [0.29, 0.717) is 13.0 Å². The molecule has 1 aliphatic heterocycles. The van der Waals surface area contributed by atoms with Gasteiger partial charge in [0, 0.05) is 44.6 Å². The molecule has 0 radical (unpaired) electrons. The summed E-state index contributed by atoms with van der Waals surface area (Å²) in [7, 11) is 0. The second-order valence-corrected chi connectivity index (χ2v) is 6.15. The van der Waals surface area contributed by atoms with E-state index in [9.17, 15) is 9.59 Å². The summed E-state index contributed by atoms with van der Waals surface area (Å²) in [5, 5.41) is 6.07. The lowest BCUT2D eigenvalue weighted by Crippen LogP contribution is -2.49. The lowest BCUT2D eigenvalue weighted by molar-refractivity contribution is -0.133. The molecule has 1 aromatic carbocycles. The zero-order chi connectivity index (χ0) is 17.6. The van der Waals surface area contributed by atoms with E-state index in [1.165, 1.54) is 6.92 Å². The summed E-state index contributed by atoms with van der Waals surface area (Å²) >= 11 is 0. The number of rotatable bonds is 4.